The van der Waals surface area contributed by atoms with Gasteiger partial charge in [0.1, 0.15) is 12.2 Å². The molecule has 0 aromatic carbocycles. The van der Waals surface area contributed by atoms with Crippen molar-refractivity contribution in [2.75, 3.05) is 0 Å². The molecule has 5 heteroatoms. The van der Waals surface area contributed by atoms with Gasteiger partial charge in [0.05, 0.1) is 5.92 Å². The fourth-order valence-electron chi connectivity index (χ4n) is 9.77. The van der Waals surface area contributed by atoms with Crippen LogP contribution in [0.1, 0.15) is 99.8 Å². The molecule has 36 heavy (non-hydrogen) atoms. The van der Waals surface area contributed by atoms with E-state index in [1.807, 2.05) is 13.8 Å². The third-order valence-corrected chi connectivity index (χ3v) is 11.1. The zero-order valence-electron chi connectivity index (χ0n) is 23.2. The Labute approximate surface area is 216 Å². The smallest absolute Gasteiger partial charge is 0.310 e. The summed E-state index contributed by atoms with van der Waals surface area (Å²) in [5, 5.41) is 0. The highest BCUT2D eigenvalue weighted by Gasteiger charge is 2.64. The second kappa shape index (κ2) is 8.56. The van der Waals surface area contributed by atoms with E-state index < -0.39 is 0 Å². The Morgan fingerprint density at radius 2 is 1.78 bits per heavy atom. The van der Waals surface area contributed by atoms with Crippen LogP contribution in [0.3, 0.4) is 0 Å². The van der Waals surface area contributed by atoms with Gasteiger partial charge < -0.3 is 9.47 Å². The van der Waals surface area contributed by atoms with Crippen molar-refractivity contribution in [3.05, 3.63) is 22.8 Å². The summed E-state index contributed by atoms with van der Waals surface area (Å²) < 4.78 is 11.8. The summed E-state index contributed by atoms with van der Waals surface area (Å²) >= 11 is 0. The molecule has 3 saturated carbocycles. The topological polar surface area (TPSA) is 69.7 Å². The maximum atomic E-state index is 12.9. The largest absolute Gasteiger partial charge is 0.462 e. The molecule has 0 spiro atoms. The van der Waals surface area contributed by atoms with E-state index in [9.17, 15) is 14.4 Å². The maximum absolute atomic E-state index is 12.9. The zero-order chi connectivity index (χ0) is 26.2. The lowest BCUT2D eigenvalue weighted by molar-refractivity contribution is -0.175. The Morgan fingerprint density at radius 1 is 1.06 bits per heavy atom. The molecule has 0 N–H and O–H groups in total. The SMILES string of the molecule is CC(=O)O[C@@H]1CC[C@]2(C)[C@H]3CC[C@@]4(C)C(=C3CC[C@H]2C1(C)C)C[C@@H]1OC(=O)[C@H](CC(=O)C=C(C)C)[C@@H]14. The molecule has 5 aliphatic rings. The van der Waals surface area contributed by atoms with Crippen LogP contribution in [-0.4, -0.2) is 29.9 Å². The van der Waals surface area contributed by atoms with Gasteiger partial charge in [0.2, 0.25) is 0 Å². The number of allylic oxidation sites excluding steroid dienone is 3. The Balaban J connectivity index is 1.45. The van der Waals surface area contributed by atoms with Crippen molar-refractivity contribution in [1.82, 2.24) is 0 Å². The molecule has 8 atom stereocenters. The van der Waals surface area contributed by atoms with Crippen LogP contribution in [0.4, 0.5) is 0 Å². The first-order chi connectivity index (χ1) is 16.8. The molecular weight excluding hydrogens is 452 g/mol. The van der Waals surface area contributed by atoms with E-state index in [0.717, 1.165) is 50.5 Å². The molecule has 5 rings (SSSR count). The number of carbonyl (C=O) groups excluding carboxylic acids is 3. The highest BCUT2D eigenvalue weighted by atomic mass is 16.6. The molecule has 0 unspecified atom stereocenters. The minimum atomic E-state index is -0.331. The van der Waals surface area contributed by atoms with E-state index in [0.29, 0.717) is 11.8 Å². The first-order valence-electron chi connectivity index (χ1n) is 14.1. The van der Waals surface area contributed by atoms with Crippen LogP contribution in [0.2, 0.25) is 0 Å². The summed E-state index contributed by atoms with van der Waals surface area (Å²) in [5.74, 6) is 0.512. The molecule has 1 saturated heterocycles. The summed E-state index contributed by atoms with van der Waals surface area (Å²) in [5.41, 5.74) is 4.22. The van der Waals surface area contributed by atoms with Crippen LogP contribution in [-0.2, 0) is 23.9 Å². The number of esters is 2. The number of rotatable bonds is 4. The van der Waals surface area contributed by atoms with Crippen LogP contribution < -0.4 is 0 Å². The molecule has 0 radical (unpaired) electrons. The van der Waals surface area contributed by atoms with Crippen LogP contribution in [0.25, 0.3) is 0 Å². The van der Waals surface area contributed by atoms with Gasteiger partial charge in [-0.1, -0.05) is 44.4 Å². The Kier molecular flexibility index (Phi) is 6.12. The number of hydrogen-bond acceptors (Lipinski definition) is 5. The number of hydrogen-bond donors (Lipinski definition) is 0. The van der Waals surface area contributed by atoms with Crippen molar-refractivity contribution in [3.63, 3.8) is 0 Å². The fourth-order valence-corrected chi connectivity index (χ4v) is 9.77. The van der Waals surface area contributed by atoms with Gasteiger partial charge in [-0.15, -0.1) is 0 Å². The summed E-state index contributed by atoms with van der Waals surface area (Å²) in [6, 6.07) is 0. The molecule has 5 nitrogen and oxygen atoms in total. The third kappa shape index (κ3) is 3.74. The van der Waals surface area contributed by atoms with Crippen molar-refractivity contribution in [2.24, 2.45) is 39.9 Å². The van der Waals surface area contributed by atoms with Gasteiger partial charge >= 0.3 is 11.9 Å². The van der Waals surface area contributed by atoms with E-state index in [1.165, 1.54) is 6.92 Å². The van der Waals surface area contributed by atoms with Crippen molar-refractivity contribution < 1.29 is 23.9 Å². The first kappa shape index (κ1) is 25.7. The molecule has 0 aromatic heterocycles. The van der Waals surface area contributed by atoms with Gasteiger partial charge in [-0.25, -0.2) is 0 Å². The van der Waals surface area contributed by atoms with Gasteiger partial charge in [-0.05, 0) is 81.1 Å². The minimum absolute atomic E-state index is 0.0134. The predicted molar refractivity (Wildman–Crippen MR) is 138 cm³/mol. The molecule has 4 fully saturated rings. The standard InChI is InChI=1S/C31H44O5/c1-17(2)14-19(33)15-21-27-24(36-28(21)34)16-23-20-8-9-25-29(4,5)26(35-18(3)32)11-13-30(25,6)22(20)10-12-31(23,27)7/h14,21-22,24-27H,8-13,15-16H2,1-7H3/t21-,22+,24+,25+,26-,27+,30-,31+/m1/s1. The van der Waals surface area contributed by atoms with E-state index in [2.05, 4.69) is 27.7 Å². The second-order valence-electron chi connectivity index (χ2n) is 13.8. The molecule has 4 aliphatic carbocycles. The van der Waals surface area contributed by atoms with E-state index >= 15 is 0 Å². The van der Waals surface area contributed by atoms with Crippen molar-refractivity contribution in [3.8, 4) is 0 Å². The fraction of sp³-hybridized carbons (Fsp3) is 0.774. The number of fused-ring (bicyclic) bond motifs is 6. The van der Waals surface area contributed by atoms with Crippen molar-refractivity contribution >= 4 is 17.7 Å². The second-order valence-corrected chi connectivity index (χ2v) is 13.8. The lowest BCUT2D eigenvalue weighted by Gasteiger charge is -2.62. The minimum Gasteiger partial charge on any atom is -0.462 e. The normalized spacial score (nSPS) is 42.5. The Bertz CT molecular complexity index is 1050. The molecule has 1 heterocycles. The third-order valence-electron chi connectivity index (χ3n) is 11.1. The van der Waals surface area contributed by atoms with Gasteiger partial charge in [0, 0.05) is 31.1 Å². The zero-order valence-corrected chi connectivity index (χ0v) is 23.2. The highest BCUT2D eigenvalue weighted by molar-refractivity contribution is 5.93. The van der Waals surface area contributed by atoms with Crippen LogP contribution >= 0.6 is 0 Å². The van der Waals surface area contributed by atoms with Crippen molar-refractivity contribution in [1.29, 1.82) is 0 Å². The summed E-state index contributed by atoms with van der Waals surface area (Å²) in [4.78, 5) is 37.3. The molecule has 1 aliphatic heterocycles. The average Bonchev–Trinajstić information content (AvgIpc) is 3.22. The quantitative estimate of drug-likeness (QED) is 0.257. The van der Waals surface area contributed by atoms with E-state index in [-0.39, 0.29) is 64.4 Å². The van der Waals surface area contributed by atoms with Gasteiger partial charge in [0.25, 0.3) is 0 Å². The average molecular weight is 497 g/mol. The molecule has 0 bridgehead atoms. The van der Waals surface area contributed by atoms with E-state index in [1.54, 1.807) is 17.2 Å². The number of carbonyl (C=O) groups is 3. The van der Waals surface area contributed by atoms with E-state index in [4.69, 9.17) is 9.47 Å². The molecule has 198 valence electrons. The summed E-state index contributed by atoms with van der Waals surface area (Å²) in [6.07, 6.45) is 9.06. The highest BCUT2D eigenvalue weighted by Crippen LogP contribution is 2.69. The monoisotopic (exact) mass is 496 g/mol. The number of ether oxygens (including phenoxy) is 2. The lowest BCUT2D eigenvalue weighted by atomic mass is 9.44. The Hall–Kier alpha value is -1.91. The summed E-state index contributed by atoms with van der Waals surface area (Å²) in [7, 11) is 0. The first-order valence-corrected chi connectivity index (χ1v) is 14.1. The Morgan fingerprint density at radius 3 is 2.44 bits per heavy atom. The van der Waals surface area contributed by atoms with Crippen LogP contribution in [0.15, 0.2) is 22.8 Å². The van der Waals surface area contributed by atoms with Crippen LogP contribution in [0.5, 0.6) is 0 Å². The molecule has 0 amide bonds. The summed E-state index contributed by atoms with van der Waals surface area (Å²) in [6.45, 7) is 14.8. The lowest BCUT2D eigenvalue weighted by Crippen LogP contribution is -2.56. The van der Waals surface area contributed by atoms with Crippen LogP contribution in [0, 0.1) is 39.9 Å². The predicted octanol–water partition coefficient (Wildman–Crippen LogP) is 6.35. The molecule has 0 aromatic rings. The molecular formula is C31H44O5. The number of ketones is 1. The van der Waals surface area contributed by atoms with Crippen molar-refractivity contribution in [2.45, 2.75) is 112 Å². The van der Waals surface area contributed by atoms with Gasteiger partial charge in [-0.2, -0.15) is 0 Å². The van der Waals surface area contributed by atoms with Gasteiger partial charge in [0.15, 0.2) is 5.78 Å². The van der Waals surface area contributed by atoms with Gasteiger partial charge in [-0.3, -0.25) is 14.4 Å². The maximum Gasteiger partial charge on any atom is 0.310 e.